The zero-order valence-electron chi connectivity index (χ0n) is 12.1. The number of hydrogen-bond donors (Lipinski definition) is 1. The number of aryl methyl sites for hydroxylation is 1. The van der Waals surface area contributed by atoms with Crippen LogP contribution >= 0.6 is 0 Å². The minimum Gasteiger partial charge on any atom is -0.361 e. The number of anilines is 1. The molecule has 1 aromatic heterocycles. The van der Waals surface area contributed by atoms with Gasteiger partial charge >= 0.3 is 0 Å². The van der Waals surface area contributed by atoms with Crippen LogP contribution in [-0.2, 0) is 13.0 Å². The van der Waals surface area contributed by atoms with Gasteiger partial charge in [-0.25, -0.2) is 0 Å². The van der Waals surface area contributed by atoms with Crippen LogP contribution in [0.3, 0.4) is 0 Å². The molecule has 5 nitrogen and oxygen atoms in total. The van der Waals surface area contributed by atoms with Gasteiger partial charge in [-0.3, -0.25) is 9.36 Å². The number of aromatic nitrogens is 3. The first-order valence-corrected chi connectivity index (χ1v) is 8.07. The lowest BCUT2D eigenvalue weighted by molar-refractivity contribution is 0.557. The molecule has 0 atom stereocenters. The van der Waals surface area contributed by atoms with Gasteiger partial charge in [-0.05, 0) is 19.3 Å². The highest BCUT2D eigenvalue weighted by molar-refractivity contribution is 5.32. The van der Waals surface area contributed by atoms with Crippen LogP contribution in [-0.4, -0.2) is 20.8 Å². The Kier molecular flexibility index (Phi) is 4.33. The van der Waals surface area contributed by atoms with Crippen molar-refractivity contribution in [1.82, 2.24) is 14.8 Å². The predicted molar refractivity (Wildman–Crippen MR) is 79.0 cm³/mol. The Bertz CT molecular complexity index is 501. The fraction of sp³-hybridized carbons (Fsp3) is 0.800. The molecule has 3 rings (SSSR count). The average Bonchev–Trinajstić information content (AvgIpc) is 2.96. The molecule has 0 saturated heterocycles. The molecule has 0 unspecified atom stereocenters. The summed E-state index contributed by atoms with van der Waals surface area (Å²) in [5, 5.41) is 11.7. The zero-order valence-corrected chi connectivity index (χ0v) is 12.1. The van der Waals surface area contributed by atoms with Crippen LogP contribution in [0.5, 0.6) is 0 Å². The lowest BCUT2D eigenvalue weighted by Crippen LogP contribution is -2.30. The normalized spacial score (nSPS) is 20.8. The Hall–Kier alpha value is -1.39. The van der Waals surface area contributed by atoms with Crippen LogP contribution in [0.25, 0.3) is 0 Å². The SMILES string of the molecule is O=c1c(NC2CCCCCCCC2)nnc2n1CCC2. The Morgan fingerprint density at radius 1 is 0.950 bits per heavy atom. The van der Waals surface area contributed by atoms with Crippen LogP contribution in [0, 0.1) is 0 Å². The van der Waals surface area contributed by atoms with Crippen molar-refractivity contribution in [2.75, 3.05) is 5.32 Å². The first-order valence-electron chi connectivity index (χ1n) is 8.07. The molecule has 5 heteroatoms. The third-order valence-corrected chi connectivity index (χ3v) is 4.50. The van der Waals surface area contributed by atoms with Crippen molar-refractivity contribution in [2.24, 2.45) is 0 Å². The van der Waals surface area contributed by atoms with E-state index in [0.717, 1.165) is 38.1 Å². The molecule has 1 saturated carbocycles. The van der Waals surface area contributed by atoms with Crippen molar-refractivity contribution in [3.05, 3.63) is 16.2 Å². The first-order chi connectivity index (χ1) is 9.84. The zero-order chi connectivity index (χ0) is 13.8. The smallest absolute Gasteiger partial charge is 0.296 e. The number of fused-ring (bicyclic) bond motifs is 1. The van der Waals surface area contributed by atoms with E-state index in [1.54, 1.807) is 4.57 Å². The average molecular weight is 276 g/mol. The maximum atomic E-state index is 12.4. The van der Waals surface area contributed by atoms with Gasteiger partial charge in [-0.15, -0.1) is 10.2 Å². The fourth-order valence-electron chi connectivity index (χ4n) is 3.32. The van der Waals surface area contributed by atoms with Gasteiger partial charge in [-0.2, -0.15) is 0 Å². The molecule has 110 valence electrons. The third kappa shape index (κ3) is 3.02. The summed E-state index contributed by atoms with van der Waals surface area (Å²) in [5.41, 5.74) is 0.0207. The second-order valence-electron chi connectivity index (χ2n) is 6.07. The Labute approximate surface area is 119 Å². The molecule has 1 aliphatic carbocycles. The molecular formula is C15H24N4O. The van der Waals surface area contributed by atoms with E-state index in [2.05, 4.69) is 15.5 Å². The minimum atomic E-state index is 0.0207. The summed E-state index contributed by atoms with van der Waals surface area (Å²) in [6.07, 6.45) is 12.0. The van der Waals surface area contributed by atoms with Crippen molar-refractivity contribution in [3.63, 3.8) is 0 Å². The molecule has 1 N–H and O–H groups in total. The monoisotopic (exact) mass is 276 g/mol. The Morgan fingerprint density at radius 3 is 2.40 bits per heavy atom. The topological polar surface area (TPSA) is 59.8 Å². The summed E-state index contributed by atoms with van der Waals surface area (Å²) in [7, 11) is 0. The lowest BCUT2D eigenvalue weighted by Gasteiger charge is -2.18. The maximum Gasteiger partial charge on any atom is 0.296 e. The first kappa shape index (κ1) is 13.6. The highest BCUT2D eigenvalue weighted by Crippen LogP contribution is 2.19. The quantitative estimate of drug-likeness (QED) is 0.901. The molecule has 0 spiro atoms. The molecule has 1 aliphatic heterocycles. The second kappa shape index (κ2) is 6.37. The van der Waals surface area contributed by atoms with E-state index < -0.39 is 0 Å². The van der Waals surface area contributed by atoms with Gasteiger partial charge in [0.1, 0.15) is 5.82 Å². The fourth-order valence-corrected chi connectivity index (χ4v) is 3.32. The number of nitrogens with zero attached hydrogens (tertiary/aromatic N) is 3. The lowest BCUT2D eigenvalue weighted by atomic mass is 10.1. The molecule has 20 heavy (non-hydrogen) atoms. The molecule has 0 amide bonds. The predicted octanol–water partition coefficient (Wildman–Crippen LogP) is 2.50. The molecule has 2 aliphatic rings. The van der Waals surface area contributed by atoms with Gasteiger partial charge in [0, 0.05) is 19.0 Å². The van der Waals surface area contributed by atoms with Crippen LogP contribution in [0.4, 0.5) is 5.82 Å². The highest BCUT2D eigenvalue weighted by Gasteiger charge is 2.19. The largest absolute Gasteiger partial charge is 0.361 e. The molecule has 0 radical (unpaired) electrons. The van der Waals surface area contributed by atoms with Crippen molar-refractivity contribution in [2.45, 2.75) is 76.8 Å². The van der Waals surface area contributed by atoms with E-state index in [-0.39, 0.29) is 5.56 Å². The Balaban J connectivity index is 1.71. The van der Waals surface area contributed by atoms with Crippen LogP contribution in [0.15, 0.2) is 4.79 Å². The van der Waals surface area contributed by atoms with E-state index in [0.29, 0.717) is 11.9 Å². The number of nitrogens with one attached hydrogen (secondary N) is 1. The molecule has 1 fully saturated rings. The number of rotatable bonds is 2. The summed E-state index contributed by atoms with van der Waals surface area (Å²) in [4.78, 5) is 12.4. The molecule has 0 bridgehead atoms. The van der Waals surface area contributed by atoms with E-state index >= 15 is 0 Å². The second-order valence-corrected chi connectivity index (χ2v) is 6.07. The van der Waals surface area contributed by atoms with Crippen molar-refractivity contribution >= 4 is 5.82 Å². The molecule has 1 aromatic rings. The van der Waals surface area contributed by atoms with Gasteiger partial charge in [0.05, 0.1) is 0 Å². The summed E-state index contributed by atoms with van der Waals surface area (Å²) < 4.78 is 1.78. The highest BCUT2D eigenvalue weighted by atomic mass is 16.1. The summed E-state index contributed by atoms with van der Waals surface area (Å²) in [6.45, 7) is 0.795. The number of hydrogen-bond acceptors (Lipinski definition) is 4. The van der Waals surface area contributed by atoms with Gasteiger partial charge in [0.25, 0.3) is 5.56 Å². The third-order valence-electron chi connectivity index (χ3n) is 4.50. The van der Waals surface area contributed by atoms with Crippen LogP contribution in [0.2, 0.25) is 0 Å². The van der Waals surface area contributed by atoms with E-state index in [4.69, 9.17) is 0 Å². The molecule has 2 heterocycles. The van der Waals surface area contributed by atoms with Gasteiger partial charge < -0.3 is 5.32 Å². The van der Waals surface area contributed by atoms with E-state index in [1.165, 1.54) is 38.5 Å². The molecular weight excluding hydrogens is 252 g/mol. The maximum absolute atomic E-state index is 12.4. The summed E-state index contributed by atoms with van der Waals surface area (Å²) in [5.74, 6) is 1.30. The van der Waals surface area contributed by atoms with Crippen molar-refractivity contribution < 1.29 is 0 Å². The standard InChI is InChI=1S/C15H24N4O/c20-15-14(18-17-13-10-7-11-19(13)15)16-12-8-5-3-1-2-4-6-9-12/h12H,1-11H2,(H,16,18). The van der Waals surface area contributed by atoms with Crippen molar-refractivity contribution in [1.29, 1.82) is 0 Å². The van der Waals surface area contributed by atoms with Crippen LogP contribution in [0.1, 0.15) is 63.6 Å². The summed E-state index contributed by atoms with van der Waals surface area (Å²) in [6, 6.07) is 0.384. The van der Waals surface area contributed by atoms with Crippen LogP contribution < -0.4 is 10.9 Å². The molecule has 0 aromatic carbocycles. The van der Waals surface area contributed by atoms with Gasteiger partial charge in [-0.1, -0.05) is 38.5 Å². The Morgan fingerprint density at radius 2 is 1.65 bits per heavy atom. The van der Waals surface area contributed by atoms with Gasteiger partial charge in [0.15, 0.2) is 0 Å². The van der Waals surface area contributed by atoms with E-state index in [1.807, 2.05) is 0 Å². The summed E-state index contributed by atoms with van der Waals surface area (Å²) >= 11 is 0. The van der Waals surface area contributed by atoms with E-state index in [9.17, 15) is 4.79 Å². The van der Waals surface area contributed by atoms with Gasteiger partial charge in [0.2, 0.25) is 5.82 Å². The van der Waals surface area contributed by atoms with Crippen molar-refractivity contribution in [3.8, 4) is 0 Å². The minimum absolute atomic E-state index is 0.0207.